The van der Waals surface area contributed by atoms with E-state index in [-0.39, 0.29) is 5.84 Å². The van der Waals surface area contributed by atoms with Crippen LogP contribution in [0.15, 0.2) is 24.3 Å². The summed E-state index contributed by atoms with van der Waals surface area (Å²) in [6.45, 7) is 9.14. The summed E-state index contributed by atoms with van der Waals surface area (Å²) >= 11 is 0. The van der Waals surface area contributed by atoms with Crippen molar-refractivity contribution in [3.8, 4) is 0 Å². The summed E-state index contributed by atoms with van der Waals surface area (Å²) < 4.78 is 0.842. The Kier molecular flexibility index (Phi) is 2.66. The van der Waals surface area contributed by atoms with Crippen LogP contribution in [0.4, 0.5) is 0 Å². The molecular weight excluding hydrogens is 228 g/mol. The highest BCUT2D eigenvalue weighted by atomic mass is 16.5. The van der Waals surface area contributed by atoms with Gasteiger partial charge in [-0.2, -0.15) is 0 Å². The molecule has 0 saturated heterocycles. The van der Waals surface area contributed by atoms with E-state index in [0.717, 1.165) is 15.4 Å². The van der Waals surface area contributed by atoms with Crippen LogP contribution in [0.1, 0.15) is 38.8 Å². The maximum atomic E-state index is 12.4. The molecule has 2 rings (SSSR count). The molecule has 1 heterocycles. The Labute approximate surface area is 108 Å². The molecule has 4 heteroatoms. The molecule has 4 nitrogen and oxygen atoms in total. The van der Waals surface area contributed by atoms with Gasteiger partial charge in [-0.3, -0.25) is 4.74 Å². The fraction of sp³-hybridized carbons (Fsp3) is 0.500. The van der Waals surface area contributed by atoms with Crippen molar-refractivity contribution in [3.05, 3.63) is 40.6 Å². The van der Waals surface area contributed by atoms with Crippen LogP contribution in [0.2, 0.25) is 0 Å². The maximum absolute atomic E-state index is 12.4. The van der Waals surface area contributed by atoms with Crippen molar-refractivity contribution in [1.29, 1.82) is 0 Å². The van der Waals surface area contributed by atoms with Gasteiger partial charge in [-0.05, 0) is 46.8 Å². The fourth-order valence-electron chi connectivity index (χ4n) is 2.13. The van der Waals surface area contributed by atoms with Gasteiger partial charge in [-0.15, -0.1) is 0 Å². The first-order valence-electron chi connectivity index (χ1n) is 6.08. The van der Waals surface area contributed by atoms with Crippen LogP contribution >= 0.6 is 0 Å². The van der Waals surface area contributed by atoms with Crippen LogP contribution in [0.25, 0.3) is 0 Å². The summed E-state index contributed by atoms with van der Waals surface area (Å²) in [4.78, 5) is 0. The summed E-state index contributed by atoms with van der Waals surface area (Å²) in [7, 11) is 0. The molecule has 1 aromatic carbocycles. The molecule has 97 valence electrons. The van der Waals surface area contributed by atoms with Gasteiger partial charge in [0.05, 0.1) is 5.56 Å². The van der Waals surface area contributed by atoms with Gasteiger partial charge in [0, 0.05) is 5.21 Å². The lowest BCUT2D eigenvalue weighted by atomic mass is 9.84. The van der Waals surface area contributed by atoms with Crippen LogP contribution in [0, 0.1) is 12.1 Å². The molecule has 1 aliphatic rings. The second-order valence-corrected chi connectivity index (χ2v) is 5.90. The summed E-state index contributed by atoms with van der Waals surface area (Å²) in [5.74, 6) is 0.203. The smallest absolute Gasteiger partial charge is 0.316 e. The number of benzene rings is 1. The number of rotatable bonds is 1. The van der Waals surface area contributed by atoms with E-state index in [1.54, 1.807) is 33.8 Å². The Morgan fingerprint density at radius 3 is 2.28 bits per heavy atom. The molecule has 0 aliphatic carbocycles. The molecule has 0 fully saturated rings. The van der Waals surface area contributed by atoms with E-state index in [1.807, 2.05) is 25.1 Å². The lowest BCUT2D eigenvalue weighted by Gasteiger charge is -2.32. The third-order valence-electron chi connectivity index (χ3n) is 4.17. The van der Waals surface area contributed by atoms with Gasteiger partial charge in [-0.25, -0.2) is 0 Å². The standard InChI is InChI=1S/C14H19N2O2/c1-10-7-6-8-11(9-10)12-15(17)13(2,3)14(4,5)16(12)18/h6-9H,1-5H3. The first kappa shape index (κ1) is 12.9. The minimum atomic E-state index is -0.756. The second-order valence-electron chi connectivity index (χ2n) is 5.90. The molecule has 0 atom stereocenters. The molecule has 1 radical (unpaired) electrons. The molecule has 0 N–H and O–H groups in total. The summed E-state index contributed by atoms with van der Waals surface area (Å²) in [5.41, 5.74) is 0.199. The topological polar surface area (TPSA) is 49.2 Å². The van der Waals surface area contributed by atoms with E-state index in [1.165, 1.54) is 0 Å². The third kappa shape index (κ3) is 1.52. The first-order chi connectivity index (χ1) is 8.19. The third-order valence-corrected chi connectivity index (χ3v) is 4.17. The van der Waals surface area contributed by atoms with Crippen LogP contribution in [0.3, 0.4) is 0 Å². The van der Waals surface area contributed by atoms with Crippen LogP contribution in [0.5, 0.6) is 0 Å². The Hall–Kier alpha value is -1.55. The summed E-state index contributed by atoms with van der Waals surface area (Å²) in [6.07, 6.45) is 0. The molecule has 0 bridgehead atoms. The van der Waals surface area contributed by atoms with Gasteiger partial charge < -0.3 is 5.21 Å². The van der Waals surface area contributed by atoms with Crippen molar-refractivity contribution in [1.82, 2.24) is 5.06 Å². The highest BCUT2D eigenvalue weighted by Gasteiger charge is 2.59. The number of nitrogens with zero attached hydrogens (tertiary/aromatic N) is 2. The van der Waals surface area contributed by atoms with Gasteiger partial charge in [-0.1, -0.05) is 22.8 Å². The first-order valence-corrected chi connectivity index (χ1v) is 6.08. The van der Waals surface area contributed by atoms with E-state index in [9.17, 15) is 10.4 Å². The largest absolute Gasteiger partial charge is 0.714 e. The van der Waals surface area contributed by atoms with Crippen molar-refractivity contribution in [2.24, 2.45) is 0 Å². The van der Waals surface area contributed by atoms with Gasteiger partial charge in [0.1, 0.15) is 5.54 Å². The second kappa shape index (κ2) is 3.72. The van der Waals surface area contributed by atoms with Crippen molar-refractivity contribution < 1.29 is 9.95 Å². The quantitative estimate of drug-likeness (QED) is 0.565. The van der Waals surface area contributed by atoms with Gasteiger partial charge >= 0.3 is 5.84 Å². The monoisotopic (exact) mass is 247 g/mol. The van der Waals surface area contributed by atoms with Crippen LogP contribution in [-0.4, -0.2) is 26.7 Å². The zero-order chi connectivity index (χ0) is 13.7. The van der Waals surface area contributed by atoms with E-state index >= 15 is 0 Å². The molecule has 0 amide bonds. The zero-order valence-electron chi connectivity index (χ0n) is 11.5. The van der Waals surface area contributed by atoms with Crippen molar-refractivity contribution in [3.63, 3.8) is 0 Å². The highest BCUT2D eigenvalue weighted by molar-refractivity contribution is 5.96. The maximum Gasteiger partial charge on any atom is 0.316 e. The number of aryl methyl sites for hydroxylation is 1. The van der Waals surface area contributed by atoms with Gasteiger partial charge in [0.2, 0.25) is 0 Å². The lowest BCUT2D eigenvalue weighted by Crippen LogP contribution is -2.53. The molecule has 0 unspecified atom stereocenters. The van der Waals surface area contributed by atoms with Crippen molar-refractivity contribution in [2.75, 3.05) is 0 Å². The minimum Gasteiger partial charge on any atom is -0.714 e. The van der Waals surface area contributed by atoms with Crippen LogP contribution in [-0.2, 0) is 5.21 Å². The number of hydrogen-bond acceptors (Lipinski definition) is 2. The fourth-order valence-corrected chi connectivity index (χ4v) is 2.13. The predicted molar refractivity (Wildman–Crippen MR) is 69.6 cm³/mol. The molecule has 0 saturated carbocycles. The number of amidine groups is 1. The highest BCUT2D eigenvalue weighted by Crippen LogP contribution is 2.37. The average Bonchev–Trinajstić information content (AvgIpc) is 2.38. The molecular formula is C14H19N2O2. The Morgan fingerprint density at radius 2 is 1.83 bits per heavy atom. The molecule has 1 aliphatic heterocycles. The van der Waals surface area contributed by atoms with E-state index in [2.05, 4.69) is 0 Å². The number of hydrogen-bond donors (Lipinski definition) is 0. The Balaban J connectivity index is 2.61. The van der Waals surface area contributed by atoms with Crippen molar-refractivity contribution >= 4 is 5.84 Å². The Bertz CT molecular complexity index is 518. The van der Waals surface area contributed by atoms with E-state index < -0.39 is 11.1 Å². The molecule has 0 aromatic heterocycles. The van der Waals surface area contributed by atoms with Crippen molar-refractivity contribution in [2.45, 2.75) is 45.7 Å². The molecule has 18 heavy (non-hydrogen) atoms. The summed E-state index contributed by atoms with van der Waals surface area (Å²) in [5, 5.41) is 25.6. The SMILES string of the molecule is Cc1cccc(C2=[N+]([O-])C(C)(C)C(C)(C)N2[O])c1. The minimum absolute atomic E-state index is 0.203. The predicted octanol–water partition coefficient (Wildman–Crippen LogP) is 2.47. The lowest BCUT2D eigenvalue weighted by molar-refractivity contribution is -0.539. The zero-order valence-corrected chi connectivity index (χ0v) is 11.5. The van der Waals surface area contributed by atoms with Crippen LogP contribution < -0.4 is 0 Å². The average molecular weight is 247 g/mol. The summed E-state index contributed by atoms with van der Waals surface area (Å²) in [6, 6.07) is 7.47. The van der Waals surface area contributed by atoms with E-state index in [4.69, 9.17) is 0 Å². The molecule has 1 aromatic rings. The van der Waals surface area contributed by atoms with Gasteiger partial charge in [0.15, 0.2) is 5.54 Å². The normalized spacial score (nSPS) is 21.6. The van der Waals surface area contributed by atoms with Gasteiger partial charge in [0.25, 0.3) is 0 Å². The van der Waals surface area contributed by atoms with E-state index in [0.29, 0.717) is 5.56 Å². The molecule has 0 spiro atoms. The Morgan fingerprint density at radius 1 is 1.22 bits per heavy atom. The number of hydroxylamine groups is 3.